The lowest BCUT2D eigenvalue weighted by atomic mass is 10.1. The quantitative estimate of drug-likeness (QED) is 0.527. The standard InChI is InChI=1S/C14H14N/c1-2-11-7-8-14-13-6-4-3-5-12(13)10-15(14)9-11/h3-9H,2,10H2,1H3/q+1. The molecule has 1 aromatic carbocycles. The molecule has 0 saturated carbocycles. The number of rotatable bonds is 1. The summed E-state index contributed by atoms with van der Waals surface area (Å²) in [6.07, 6.45) is 3.38. The second kappa shape index (κ2) is 3.20. The number of pyridine rings is 1. The lowest BCUT2D eigenvalue weighted by Gasteiger charge is -1.96. The van der Waals surface area contributed by atoms with Gasteiger partial charge in [-0.2, -0.15) is 4.57 Å². The highest BCUT2D eigenvalue weighted by Crippen LogP contribution is 2.25. The summed E-state index contributed by atoms with van der Waals surface area (Å²) < 4.78 is 2.35. The van der Waals surface area contributed by atoms with Gasteiger partial charge >= 0.3 is 0 Å². The molecule has 0 bridgehead atoms. The van der Waals surface area contributed by atoms with E-state index in [2.05, 4.69) is 54.1 Å². The topological polar surface area (TPSA) is 3.88 Å². The van der Waals surface area contributed by atoms with E-state index in [1.54, 1.807) is 0 Å². The highest BCUT2D eigenvalue weighted by atomic mass is 15.0. The first-order chi connectivity index (χ1) is 7.38. The second-order valence-corrected chi connectivity index (χ2v) is 4.06. The number of nitrogens with zero attached hydrogens (tertiary/aromatic N) is 1. The van der Waals surface area contributed by atoms with Crippen molar-refractivity contribution in [3.8, 4) is 11.3 Å². The van der Waals surface area contributed by atoms with Crippen LogP contribution < -0.4 is 4.57 Å². The minimum atomic E-state index is 1.03. The molecule has 0 radical (unpaired) electrons. The monoisotopic (exact) mass is 196 g/mol. The smallest absolute Gasteiger partial charge is 0.194 e. The fourth-order valence-electron chi connectivity index (χ4n) is 2.27. The minimum Gasteiger partial charge on any atom is -0.194 e. The Labute approximate surface area is 90.0 Å². The van der Waals surface area contributed by atoms with Crippen molar-refractivity contribution < 1.29 is 4.57 Å². The molecule has 15 heavy (non-hydrogen) atoms. The number of hydrogen-bond donors (Lipinski definition) is 0. The molecule has 0 saturated heterocycles. The van der Waals surface area contributed by atoms with E-state index in [-0.39, 0.29) is 0 Å². The number of hydrogen-bond acceptors (Lipinski definition) is 0. The molecule has 2 heterocycles. The van der Waals surface area contributed by atoms with Crippen molar-refractivity contribution in [2.24, 2.45) is 0 Å². The summed E-state index contributed by atoms with van der Waals surface area (Å²) in [4.78, 5) is 0. The zero-order valence-corrected chi connectivity index (χ0v) is 8.90. The lowest BCUT2D eigenvalue weighted by molar-refractivity contribution is -0.672. The summed E-state index contributed by atoms with van der Waals surface area (Å²) in [6.45, 7) is 3.23. The zero-order chi connectivity index (χ0) is 10.3. The van der Waals surface area contributed by atoms with E-state index >= 15 is 0 Å². The molecule has 0 atom stereocenters. The van der Waals surface area contributed by atoms with Gasteiger partial charge in [0.1, 0.15) is 0 Å². The molecular weight excluding hydrogens is 182 g/mol. The average molecular weight is 196 g/mol. The van der Waals surface area contributed by atoms with Crippen molar-refractivity contribution in [2.45, 2.75) is 19.9 Å². The number of benzene rings is 1. The zero-order valence-electron chi connectivity index (χ0n) is 8.90. The molecule has 0 unspecified atom stereocenters. The van der Waals surface area contributed by atoms with E-state index in [4.69, 9.17) is 0 Å². The SMILES string of the molecule is CCc1ccc2[n+](c1)Cc1ccccc1-2. The largest absolute Gasteiger partial charge is 0.213 e. The van der Waals surface area contributed by atoms with Crippen molar-refractivity contribution >= 4 is 0 Å². The van der Waals surface area contributed by atoms with Crippen molar-refractivity contribution in [1.29, 1.82) is 0 Å². The second-order valence-electron chi connectivity index (χ2n) is 4.06. The van der Waals surface area contributed by atoms with Crippen LogP contribution >= 0.6 is 0 Å². The van der Waals surface area contributed by atoms with Gasteiger partial charge < -0.3 is 0 Å². The Bertz CT molecular complexity index is 514. The molecule has 2 aromatic rings. The van der Waals surface area contributed by atoms with Crippen LogP contribution in [0.4, 0.5) is 0 Å². The molecule has 1 aliphatic rings. The Hall–Kier alpha value is -1.63. The molecule has 1 aliphatic heterocycles. The highest BCUT2D eigenvalue weighted by molar-refractivity contribution is 5.63. The van der Waals surface area contributed by atoms with E-state index in [1.165, 1.54) is 22.4 Å². The first-order valence-electron chi connectivity index (χ1n) is 5.49. The van der Waals surface area contributed by atoms with Crippen LogP contribution in [0.1, 0.15) is 18.1 Å². The number of aromatic nitrogens is 1. The van der Waals surface area contributed by atoms with Crippen molar-refractivity contribution in [2.75, 3.05) is 0 Å². The Morgan fingerprint density at radius 1 is 1.13 bits per heavy atom. The van der Waals surface area contributed by atoms with Crippen LogP contribution in [0, 0.1) is 0 Å². The lowest BCUT2D eigenvalue weighted by Crippen LogP contribution is -2.32. The maximum Gasteiger partial charge on any atom is 0.213 e. The van der Waals surface area contributed by atoms with Gasteiger partial charge in [-0.05, 0) is 18.6 Å². The van der Waals surface area contributed by atoms with Gasteiger partial charge in [-0.25, -0.2) is 0 Å². The number of aryl methyl sites for hydroxylation is 1. The summed E-state index contributed by atoms with van der Waals surface area (Å²) in [5, 5.41) is 0. The summed E-state index contributed by atoms with van der Waals surface area (Å²) in [5.74, 6) is 0. The van der Waals surface area contributed by atoms with Gasteiger partial charge in [-0.3, -0.25) is 0 Å². The molecule has 0 N–H and O–H groups in total. The third-order valence-corrected chi connectivity index (χ3v) is 3.13. The fraction of sp³-hybridized carbons (Fsp3) is 0.214. The van der Waals surface area contributed by atoms with Gasteiger partial charge in [-0.1, -0.05) is 25.1 Å². The molecule has 1 aromatic heterocycles. The molecule has 3 rings (SSSR count). The van der Waals surface area contributed by atoms with E-state index in [1.807, 2.05) is 0 Å². The molecule has 1 nitrogen and oxygen atoms in total. The Morgan fingerprint density at radius 2 is 2.00 bits per heavy atom. The predicted octanol–water partition coefficient (Wildman–Crippen LogP) is 2.57. The normalized spacial score (nSPS) is 12.3. The molecule has 74 valence electrons. The van der Waals surface area contributed by atoms with Gasteiger partial charge in [0.05, 0.1) is 5.56 Å². The van der Waals surface area contributed by atoms with Gasteiger partial charge in [0.25, 0.3) is 0 Å². The van der Waals surface area contributed by atoms with Crippen LogP contribution in [0.3, 0.4) is 0 Å². The molecule has 0 fully saturated rings. The maximum atomic E-state index is 2.35. The van der Waals surface area contributed by atoms with E-state index in [9.17, 15) is 0 Å². The first kappa shape index (κ1) is 8.66. The predicted molar refractivity (Wildman–Crippen MR) is 60.6 cm³/mol. The molecule has 0 amide bonds. The van der Waals surface area contributed by atoms with Crippen LogP contribution in [0.15, 0.2) is 42.6 Å². The Kier molecular flexibility index (Phi) is 1.84. The van der Waals surface area contributed by atoms with Crippen molar-refractivity contribution in [1.82, 2.24) is 0 Å². The molecule has 1 heteroatoms. The molecule has 0 spiro atoms. The van der Waals surface area contributed by atoms with Gasteiger partial charge in [0.15, 0.2) is 12.7 Å². The minimum absolute atomic E-state index is 1.03. The average Bonchev–Trinajstić information content (AvgIpc) is 2.66. The van der Waals surface area contributed by atoms with Gasteiger partial charge in [0.2, 0.25) is 5.69 Å². The number of fused-ring (bicyclic) bond motifs is 3. The summed E-state index contributed by atoms with van der Waals surface area (Å²) >= 11 is 0. The van der Waals surface area contributed by atoms with Crippen molar-refractivity contribution in [3.05, 3.63) is 53.7 Å². The Balaban J connectivity index is 2.18. The van der Waals surface area contributed by atoms with Crippen LogP contribution in [-0.2, 0) is 13.0 Å². The highest BCUT2D eigenvalue weighted by Gasteiger charge is 2.24. The third kappa shape index (κ3) is 1.27. The molecule has 0 aliphatic carbocycles. The van der Waals surface area contributed by atoms with Gasteiger partial charge in [-0.15, -0.1) is 0 Å². The van der Waals surface area contributed by atoms with E-state index in [0.29, 0.717) is 0 Å². The molecular formula is C14H14N+. The maximum absolute atomic E-state index is 2.35. The summed E-state index contributed by atoms with van der Waals surface area (Å²) in [7, 11) is 0. The third-order valence-electron chi connectivity index (χ3n) is 3.13. The van der Waals surface area contributed by atoms with E-state index in [0.717, 1.165) is 13.0 Å². The van der Waals surface area contributed by atoms with Gasteiger partial charge in [0, 0.05) is 17.2 Å². The van der Waals surface area contributed by atoms with Crippen LogP contribution in [-0.4, -0.2) is 0 Å². The summed E-state index contributed by atoms with van der Waals surface area (Å²) in [5.41, 5.74) is 5.58. The van der Waals surface area contributed by atoms with Crippen LogP contribution in [0.25, 0.3) is 11.3 Å². The first-order valence-corrected chi connectivity index (χ1v) is 5.49. The summed E-state index contributed by atoms with van der Waals surface area (Å²) in [6, 6.07) is 13.1. The Morgan fingerprint density at radius 3 is 2.87 bits per heavy atom. The van der Waals surface area contributed by atoms with Crippen LogP contribution in [0.5, 0.6) is 0 Å². The van der Waals surface area contributed by atoms with Crippen LogP contribution in [0.2, 0.25) is 0 Å². The van der Waals surface area contributed by atoms with E-state index < -0.39 is 0 Å². The fourth-order valence-corrected chi connectivity index (χ4v) is 2.27. The van der Waals surface area contributed by atoms with Crippen molar-refractivity contribution in [3.63, 3.8) is 0 Å².